The summed E-state index contributed by atoms with van der Waals surface area (Å²) < 4.78 is 20.1. The molecule has 0 unspecified atom stereocenters. The number of methoxy groups -OCH3 is 1. The van der Waals surface area contributed by atoms with Crippen LogP contribution in [0.3, 0.4) is 0 Å². The van der Waals surface area contributed by atoms with E-state index in [9.17, 15) is 9.18 Å². The summed E-state index contributed by atoms with van der Waals surface area (Å²) in [6.07, 6.45) is 1.52. The molecule has 1 amide bonds. The molecule has 0 saturated carbocycles. The third-order valence-corrected chi connectivity index (χ3v) is 2.59. The third-order valence-electron chi connectivity index (χ3n) is 2.59. The molecule has 8 heteroatoms. The van der Waals surface area contributed by atoms with Crippen molar-refractivity contribution in [3.63, 3.8) is 0 Å². The molecule has 2 rings (SSSR count). The lowest BCUT2D eigenvalue weighted by molar-refractivity contribution is -0.119. The molecule has 1 aromatic carbocycles. The monoisotopic (exact) mass is 279 g/mol. The van der Waals surface area contributed by atoms with Gasteiger partial charge in [-0.1, -0.05) is 5.21 Å². The van der Waals surface area contributed by atoms with Crippen molar-refractivity contribution in [1.29, 1.82) is 0 Å². The summed E-state index contributed by atoms with van der Waals surface area (Å²) >= 11 is 0. The van der Waals surface area contributed by atoms with Gasteiger partial charge in [-0.25, -0.2) is 9.07 Å². The number of carbonyl (C=O) groups is 1. The first-order valence-electron chi connectivity index (χ1n) is 5.86. The highest BCUT2D eigenvalue weighted by atomic mass is 19.1. The van der Waals surface area contributed by atoms with Crippen molar-refractivity contribution in [2.45, 2.75) is 6.54 Å². The van der Waals surface area contributed by atoms with Crippen LogP contribution >= 0.6 is 0 Å². The third kappa shape index (κ3) is 3.09. The lowest BCUT2D eigenvalue weighted by Crippen LogP contribution is -2.29. The van der Waals surface area contributed by atoms with Gasteiger partial charge in [0.05, 0.1) is 26.4 Å². The van der Waals surface area contributed by atoms with Gasteiger partial charge in [-0.15, -0.1) is 5.10 Å². The second kappa shape index (κ2) is 6.11. The summed E-state index contributed by atoms with van der Waals surface area (Å²) in [5.74, 6) is -0.241. The van der Waals surface area contributed by atoms with Crippen LogP contribution < -0.4 is 15.8 Å². The molecule has 0 fully saturated rings. The Morgan fingerprint density at radius 3 is 3.05 bits per heavy atom. The Bertz CT molecular complexity index is 614. The minimum absolute atomic E-state index is 0.0986. The van der Waals surface area contributed by atoms with E-state index in [2.05, 4.69) is 15.6 Å². The first-order chi connectivity index (χ1) is 9.63. The van der Waals surface area contributed by atoms with Crippen LogP contribution in [0.1, 0.15) is 5.69 Å². The topological polar surface area (TPSA) is 95.1 Å². The van der Waals surface area contributed by atoms with E-state index in [1.165, 1.54) is 36.2 Å². The van der Waals surface area contributed by atoms with Gasteiger partial charge in [-0.2, -0.15) is 0 Å². The molecular formula is C12H14FN5O2. The maximum atomic E-state index is 13.7. The van der Waals surface area contributed by atoms with Crippen LogP contribution in [0.4, 0.5) is 4.39 Å². The molecule has 0 saturated heterocycles. The molecule has 7 nitrogen and oxygen atoms in total. The zero-order chi connectivity index (χ0) is 14.5. The summed E-state index contributed by atoms with van der Waals surface area (Å²) in [5, 5.41) is 10.2. The summed E-state index contributed by atoms with van der Waals surface area (Å²) in [4.78, 5) is 11.0. The molecule has 0 bridgehead atoms. The minimum Gasteiger partial charge on any atom is -0.497 e. The van der Waals surface area contributed by atoms with Crippen LogP contribution in [0, 0.1) is 5.82 Å². The lowest BCUT2D eigenvalue weighted by atomic mass is 10.3. The molecule has 1 heterocycles. The van der Waals surface area contributed by atoms with Crippen LogP contribution in [-0.2, 0) is 11.3 Å². The molecule has 0 spiro atoms. The Kier molecular flexibility index (Phi) is 4.26. The highest BCUT2D eigenvalue weighted by Gasteiger charge is 2.09. The summed E-state index contributed by atoms with van der Waals surface area (Å²) in [6, 6.07) is 4.30. The number of halogens is 1. The van der Waals surface area contributed by atoms with Crippen molar-refractivity contribution >= 4 is 5.91 Å². The van der Waals surface area contributed by atoms with E-state index in [0.717, 1.165) is 0 Å². The maximum absolute atomic E-state index is 13.7. The zero-order valence-electron chi connectivity index (χ0n) is 10.8. The highest BCUT2D eigenvalue weighted by molar-refractivity contribution is 5.77. The molecule has 0 aliphatic rings. The van der Waals surface area contributed by atoms with Gasteiger partial charge in [0.1, 0.15) is 22.9 Å². The first kappa shape index (κ1) is 13.9. The van der Waals surface area contributed by atoms with Gasteiger partial charge in [0.15, 0.2) is 0 Å². The van der Waals surface area contributed by atoms with E-state index in [0.29, 0.717) is 11.4 Å². The van der Waals surface area contributed by atoms with Crippen molar-refractivity contribution in [2.75, 3.05) is 13.7 Å². The number of aromatic nitrogens is 3. The predicted octanol–water partition coefficient (Wildman–Crippen LogP) is -0.0101. The predicted molar refractivity (Wildman–Crippen MR) is 68.8 cm³/mol. The van der Waals surface area contributed by atoms with Crippen LogP contribution in [0.5, 0.6) is 5.75 Å². The molecule has 20 heavy (non-hydrogen) atoms. The molecular weight excluding hydrogens is 265 g/mol. The Morgan fingerprint density at radius 1 is 1.55 bits per heavy atom. The average Bonchev–Trinajstić information content (AvgIpc) is 2.94. The highest BCUT2D eigenvalue weighted by Crippen LogP contribution is 2.19. The van der Waals surface area contributed by atoms with E-state index in [1.807, 2.05) is 0 Å². The minimum atomic E-state index is -0.451. The van der Waals surface area contributed by atoms with Crippen molar-refractivity contribution in [3.05, 3.63) is 35.9 Å². The SMILES string of the molecule is COc1ccc(F)c(-n2cc(CNC(=O)CN)nn2)c1. The van der Waals surface area contributed by atoms with E-state index >= 15 is 0 Å². The van der Waals surface area contributed by atoms with Gasteiger partial charge in [0.2, 0.25) is 5.91 Å². The molecule has 1 aromatic heterocycles. The summed E-state index contributed by atoms with van der Waals surface area (Å²) in [5.41, 5.74) is 5.88. The van der Waals surface area contributed by atoms with Crippen LogP contribution in [-0.4, -0.2) is 34.6 Å². The number of nitrogens with zero attached hydrogens (tertiary/aromatic N) is 3. The van der Waals surface area contributed by atoms with E-state index in [1.54, 1.807) is 0 Å². The number of nitrogens with two attached hydrogens (primary N) is 1. The second-order valence-electron chi connectivity index (χ2n) is 3.95. The number of ether oxygens (including phenoxy) is 1. The van der Waals surface area contributed by atoms with Gasteiger partial charge in [0, 0.05) is 6.07 Å². The average molecular weight is 279 g/mol. The van der Waals surface area contributed by atoms with Gasteiger partial charge < -0.3 is 15.8 Å². The lowest BCUT2D eigenvalue weighted by Gasteiger charge is -2.05. The van der Waals surface area contributed by atoms with E-state index < -0.39 is 5.82 Å². The van der Waals surface area contributed by atoms with E-state index in [-0.39, 0.29) is 24.7 Å². The van der Waals surface area contributed by atoms with Crippen LogP contribution in [0.2, 0.25) is 0 Å². The number of benzene rings is 1. The number of carbonyl (C=O) groups excluding carboxylic acids is 1. The Morgan fingerprint density at radius 2 is 2.35 bits per heavy atom. The fourth-order valence-corrected chi connectivity index (χ4v) is 1.55. The quantitative estimate of drug-likeness (QED) is 0.802. The maximum Gasteiger partial charge on any atom is 0.234 e. The van der Waals surface area contributed by atoms with Crippen LogP contribution in [0.15, 0.2) is 24.4 Å². The van der Waals surface area contributed by atoms with Gasteiger partial charge in [0.25, 0.3) is 0 Å². The second-order valence-corrected chi connectivity index (χ2v) is 3.95. The number of nitrogens with one attached hydrogen (secondary N) is 1. The van der Waals surface area contributed by atoms with Gasteiger partial charge >= 0.3 is 0 Å². The molecule has 0 radical (unpaired) electrons. The van der Waals surface area contributed by atoms with E-state index in [4.69, 9.17) is 10.5 Å². The number of hydrogen-bond acceptors (Lipinski definition) is 5. The Hall–Kier alpha value is -2.48. The van der Waals surface area contributed by atoms with Crippen molar-refractivity contribution in [2.24, 2.45) is 5.73 Å². The molecule has 3 N–H and O–H groups in total. The van der Waals surface area contributed by atoms with Crippen molar-refractivity contribution < 1.29 is 13.9 Å². The standard InChI is InChI=1S/C12H14FN5O2/c1-20-9-2-3-10(13)11(4-9)18-7-8(16-17-18)6-15-12(19)5-14/h2-4,7H,5-6,14H2,1H3,(H,15,19). The molecule has 2 aromatic rings. The van der Waals surface area contributed by atoms with Crippen molar-refractivity contribution in [3.8, 4) is 11.4 Å². The van der Waals surface area contributed by atoms with Gasteiger partial charge in [-0.3, -0.25) is 4.79 Å². The molecule has 106 valence electrons. The fourth-order valence-electron chi connectivity index (χ4n) is 1.55. The summed E-state index contributed by atoms with van der Waals surface area (Å²) in [7, 11) is 1.49. The van der Waals surface area contributed by atoms with Crippen LogP contribution in [0.25, 0.3) is 5.69 Å². The smallest absolute Gasteiger partial charge is 0.234 e. The largest absolute Gasteiger partial charge is 0.497 e. The number of rotatable bonds is 5. The normalized spacial score (nSPS) is 10.3. The number of hydrogen-bond donors (Lipinski definition) is 2. The Labute approximate surface area is 114 Å². The Balaban J connectivity index is 2.18. The zero-order valence-corrected chi connectivity index (χ0v) is 10.8. The summed E-state index contributed by atoms with van der Waals surface area (Å²) in [6.45, 7) is 0.0836. The number of amides is 1. The molecule has 0 aliphatic heterocycles. The first-order valence-corrected chi connectivity index (χ1v) is 5.86. The fraction of sp³-hybridized carbons (Fsp3) is 0.250. The van der Waals surface area contributed by atoms with Gasteiger partial charge in [-0.05, 0) is 12.1 Å². The van der Waals surface area contributed by atoms with Crippen molar-refractivity contribution in [1.82, 2.24) is 20.3 Å². The molecule has 0 aliphatic carbocycles. The molecule has 0 atom stereocenters.